The lowest BCUT2D eigenvalue weighted by Gasteiger charge is -2.10. The van der Waals surface area contributed by atoms with Crippen molar-refractivity contribution in [3.8, 4) is 0 Å². The number of carbonyl (C=O) groups is 1. The number of rotatable bonds is 4. The highest BCUT2D eigenvalue weighted by Crippen LogP contribution is 2.01. The maximum absolute atomic E-state index is 10.2. The second kappa shape index (κ2) is 4.50. The molecule has 0 aliphatic heterocycles. The van der Waals surface area contributed by atoms with Crippen molar-refractivity contribution < 1.29 is 4.79 Å². The number of hydrogen-bond donors (Lipinski definition) is 1. The number of hydrogen-bond acceptors (Lipinski definition) is 2. The quantitative estimate of drug-likeness (QED) is 0.569. The van der Waals surface area contributed by atoms with Gasteiger partial charge in [0.15, 0.2) is 0 Å². The van der Waals surface area contributed by atoms with E-state index in [1.165, 1.54) is 0 Å². The summed E-state index contributed by atoms with van der Waals surface area (Å²) < 4.78 is 0. The molecule has 0 aliphatic rings. The van der Waals surface area contributed by atoms with E-state index in [2.05, 4.69) is 19.2 Å². The third kappa shape index (κ3) is 4.15. The van der Waals surface area contributed by atoms with Crippen LogP contribution in [0.4, 0.5) is 0 Å². The zero-order valence-electron chi connectivity index (χ0n) is 6.35. The van der Waals surface area contributed by atoms with E-state index in [1.54, 1.807) is 7.05 Å². The summed E-state index contributed by atoms with van der Waals surface area (Å²) in [6, 6.07) is 0.0463. The SMILES string of the molecule is CNC(C=O)CC(C)C. The molecule has 1 atom stereocenters. The fourth-order valence-electron chi connectivity index (χ4n) is 0.749. The molecule has 1 unspecified atom stereocenters. The van der Waals surface area contributed by atoms with Crippen LogP contribution in [-0.4, -0.2) is 19.4 Å². The van der Waals surface area contributed by atoms with Crippen LogP contribution in [0.3, 0.4) is 0 Å². The lowest BCUT2D eigenvalue weighted by atomic mass is 10.1. The molecule has 2 nitrogen and oxygen atoms in total. The molecule has 0 aromatic heterocycles. The molecule has 0 amide bonds. The molecule has 0 radical (unpaired) electrons. The Morgan fingerprint density at radius 3 is 2.22 bits per heavy atom. The number of nitrogens with one attached hydrogen (secondary N) is 1. The highest BCUT2D eigenvalue weighted by molar-refractivity contribution is 5.57. The zero-order valence-corrected chi connectivity index (χ0v) is 6.35. The van der Waals surface area contributed by atoms with E-state index < -0.39 is 0 Å². The Morgan fingerprint density at radius 2 is 2.11 bits per heavy atom. The van der Waals surface area contributed by atoms with Gasteiger partial charge >= 0.3 is 0 Å². The Kier molecular flexibility index (Phi) is 4.32. The molecule has 0 spiro atoms. The van der Waals surface area contributed by atoms with Crippen LogP contribution in [0, 0.1) is 5.92 Å². The van der Waals surface area contributed by atoms with E-state index in [4.69, 9.17) is 0 Å². The van der Waals surface area contributed by atoms with Crippen LogP contribution in [0.25, 0.3) is 0 Å². The predicted octanol–water partition coefficient (Wildman–Crippen LogP) is 0.819. The first-order valence-electron chi connectivity index (χ1n) is 3.33. The van der Waals surface area contributed by atoms with Crippen LogP contribution in [0.2, 0.25) is 0 Å². The molecule has 9 heavy (non-hydrogen) atoms. The molecule has 1 N–H and O–H groups in total. The summed E-state index contributed by atoms with van der Waals surface area (Å²) in [6.07, 6.45) is 1.89. The lowest BCUT2D eigenvalue weighted by Crippen LogP contribution is -2.27. The van der Waals surface area contributed by atoms with Gasteiger partial charge in [0, 0.05) is 0 Å². The second-order valence-corrected chi connectivity index (χ2v) is 2.66. The smallest absolute Gasteiger partial charge is 0.136 e. The Hall–Kier alpha value is -0.370. The molecule has 0 heterocycles. The monoisotopic (exact) mass is 129 g/mol. The van der Waals surface area contributed by atoms with Crippen LogP contribution in [-0.2, 0) is 4.79 Å². The fraction of sp³-hybridized carbons (Fsp3) is 0.857. The molecule has 2 heteroatoms. The minimum Gasteiger partial charge on any atom is -0.311 e. The second-order valence-electron chi connectivity index (χ2n) is 2.66. The molecule has 0 aliphatic carbocycles. The van der Waals surface area contributed by atoms with Gasteiger partial charge in [-0.05, 0) is 19.4 Å². The van der Waals surface area contributed by atoms with E-state index in [-0.39, 0.29) is 6.04 Å². The van der Waals surface area contributed by atoms with Crippen molar-refractivity contribution in [3.63, 3.8) is 0 Å². The molecule has 0 aromatic rings. The summed E-state index contributed by atoms with van der Waals surface area (Å²) in [5, 5.41) is 2.92. The van der Waals surface area contributed by atoms with Crippen LogP contribution < -0.4 is 5.32 Å². The molecule has 0 bridgehead atoms. The minimum atomic E-state index is 0.0463. The fourth-order valence-corrected chi connectivity index (χ4v) is 0.749. The Bertz CT molecular complexity index is 81.0. The van der Waals surface area contributed by atoms with Gasteiger partial charge in [-0.15, -0.1) is 0 Å². The van der Waals surface area contributed by atoms with Crippen molar-refractivity contribution in [1.29, 1.82) is 0 Å². The standard InChI is InChI=1S/C7H15NO/c1-6(2)4-7(5-9)8-3/h5-8H,4H2,1-3H3. The Labute approximate surface area is 56.6 Å². The lowest BCUT2D eigenvalue weighted by molar-refractivity contribution is -0.109. The van der Waals surface area contributed by atoms with Gasteiger partial charge in [-0.25, -0.2) is 0 Å². The number of carbonyl (C=O) groups excluding carboxylic acids is 1. The van der Waals surface area contributed by atoms with E-state index in [1.807, 2.05) is 0 Å². The summed E-state index contributed by atoms with van der Waals surface area (Å²) in [6.45, 7) is 4.21. The molecule has 0 saturated carbocycles. The van der Waals surface area contributed by atoms with Gasteiger partial charge in [-0.2, -0.15) is 0 Å². The summed E-state index contributed by atoms with van der Waals surface area (Å²) in [4.78, 5) is 10.2. The van der Waals surface area contributed by atoms with Gasteiger partial charge in [-0.1, -0.05) is 13.8 Å². The average Bonchev–Trinajstić information content (AvgIpc) is 1.82. The van der Waals surface area contributed by atoms with Crippen molar-refractivity contribution in [2.75, 3.05) is 7.05 Å². The van der Waals surface area contributed by atoms with Gasteiger partial charge in [0.2, 0.25) is 0 Å². The predicted molar refractivity (Wildman–Crippen MR) is 38.4 cm³/mol. The normalized spacial score (nSPS) is 13.8. The van der Waals surface area contributed by atoms with Crippen molar-refractivity contribution >= 4 is 6.29 Å². The summed E-state index contributed by atoms with van der Waals surface area (Å²) in [7, 11) is 1.81. The topological polar surface area (TPSA) is 29.1 Å². The van der Waals surface area contributed by atoms with Gasteiger partial charge in [0.1, 0.15) is 6.29 Å². The van der Waals surface area contributed by atoms with Crippen LogP contribution in [0.15, 0.2) is 0 Å². The van der Waals surface area contributed by atoms with Crippen LogP contribution >= 0.6 is 0 Å². The van der Waals surface area contributed by atoms with Gasteiger partial charge in [0.25, 0.3) is 0 Å². The van der Waals surface area contributed by atoms with E-state index in [9.17, 15) is 4.79 Å². The van der Waals surface area contributed by atoms with Gasteiger partial charge in [-0.3, -0.25) is 0 Å². The summed E-state index contributed by atoms with van der Waals surface area (Å²) in [5.74, 6) is 0.590. The Balaban J connectivity index is 3.42. The molecule has 0 aromatic carbocycles. The third-order valence-corrected chi connectivity index (χ3v) is 1.26. The van der Waals surface area contributed by atoms with E-state index >= 15 is 0 Å². The minimum absolute atomic E-state index is 0.0463. The van der Waals surface area contributed by atoms with Crippen molar-refractivity contribution in [3.05, 3.63) is 0 Å². The average molecular weight is 129 g/mol. The number of likely N-dealkylation sites (N-methyl/N-ethyl adjacent to an activating group) is 1. The molecule has 0 fully saturated rings. The van der Waals surface area contributed by atoms with Crippen LogP contribution in [0.1, 0.15) is 20.3 Å². The van der Waals surface area contributed by atoms with Gasteiger partial charge < -0.3 is 10.1 Å². The van der Waals surface area contributed by atoms with Crippen molar-refractivity contribution in [2.45, 2.75) is 26.3 Å². The third-order valence-electron chi connectivity index (χ3n) is 1.26. The number of aldehydes is 1. The zero-order chi connectivity index (χ0) is 7.28. The van der Waals surface area contributed by atoms with Gasteiger partial charge in [0.05, 0.1) is 6.04 Å². The maximum atomic E-state index is 10.2. The highest BCUT2D eigenvalue weighted by Gasteiger charge is 2.04. The first-order chi connectivity index (χ1) is 4.20. The molecule has 0 saturated heterocycles. The molecule has 54 valence electrons. The highest BCUT2D eigenvalue weighted by atomic mass is 16.1. The van der Waals surface area contributed by atoms with Crippen molar-refractivity contribution in [2.24, 2.45) is 5.92 Å². The molecular formula is C7H15NO. The maximum Gasteiger partial charge on any atom is 0.136 e. The first-order valence-corrected chi connectivity index (χ1v) is 3.33. The summed E-state index contributed by atoms with van der Waals surface area (Å²) in [5.41, 5.74) is 0. The largest absolute Gasteiger partial charge is 0.311 e. The van der Waals surface area contributed by atoms with Crippen molar-refractivity contribution in [1.82, 2.24) is 5.32 Å². The van der Waals surface area contributed by atoms with E-state index in [0.29, 0.717) is 5.92 Å². The molecule has 0 rings (SSSR count). The van der Waals surface area contributed by atoms with E-state index in [0.717, 1.165) is 12.7 Å². The molecular weight excluding hydrogens is 114 g/mol. The first kappa shape index (κ1) is 8.63. The summed E-state index contributed by atoms with van der Waals surface area (Å²) >= 11 is 0. The van der Waals surface area contributed by atoms with Crippen LogP contribution in [0.5, 0.6) is 0 Å². The Morgan fingerprint density at radius 1 is 1.56 bits per heavy atom.